The average molecular weight is 341 g/mol. The van der Waals surface area contributed by atoms with Gasteiger partial charge in [0.25, 0.3) is 11.1 Å². The largest absolute Gasteiger partial charge is 0.312 e. The smallest absolute Gasteiger partial charge is 0.268 e. The van der Waals surface area contributed by atoms with Crippen LogP contribution in [-0.4, -0.2) is 37.3 Å². The minimum Gasteiger partial charge on any atom is -0.312 e. The molecule has 0 saturated carbocycles. The Morgan fingerprint density at radius 2 is 1.92 bits per heavy atom. The quantitative estimate of drug-likeness (QED) is 0.802. The maximum absolute atomic E-state index is 12.3. The minimum absolute atomic E-state index is 0.0220. The summed E-state index contributed by atoms with van der Waals surface area (Å²) in [5.74, 6) is 0.431. The van der Waals surface area contributed by atoms with E-state index in [4.69, 9.17) is 0 Å². The highest BCUT2D eigenvalue weighted by Crippen LogP contribution is 2.20. The number of hydrogen-bond donors (Lipinski definition) is 0. The summed E-state index contributed by atoms with van der Waals surface area (Å²) >= 11 is 0. The predicted molar refractivity (Wildman–Crippen MR) is 93.4 cm³/mol. The van der Waals surface area contributed by atoms with Gasteiger partial charge in [0, 0.05) is 44.9 Å². The van der Waals surface area contributed by atoms with Gasteiger partial charge in [0.2, 0.25) is 0 Å². The van der Waals surface area contributed by atoms with Crippen molar-refractivity contribution in [3.8, 4) is 0 Å². The summed E-state index contributed by atoms with van der Waals surface area (Å²) in [4.78, 5) is 30.1. The third-order valence-electron chi connectivity index (χ3n) is 5.29. The highest BCUT2D eigenvalue weighted by atomic mass is 16.1. The third-order valence-corrected chi connectivity index (χ3v) is 5.29. The molecule has 0 atom stereocenters. The molecule has 0 bridgehead atoms. The molecule has 0 N–H and O–H groups in total. The van der Waals surface area contributed by atoms with Crippen LogP contribution in [0.15, 0.2) is 28.0 Å². The second kappa shape index (κ2) is 6.55. The van der Waals surface area contributed by atoms with Crippen LogP contribution in [0, 0.1) is 5.92 Å². The van der Waals surface area contributed by atoms with Crippen LogP contribution in [-0.2, 0) is 33.0 Å². The van der Waals surface area contributed by atoms with Crippen molar-refractivity contribution in [2.24, 2.45) is 13.0 Å². The zero-order chi connectivity index (χ0) is 17.4. The third kappa shape index (κ3) is 3.28. The lowest BCUT2D eigenvalue weighted by atomic mass is 9.96. The SMILES string of the molecule is Cn1c(CN2CC(Cn3nc4c(cc3=O)CCCC4)C2)cncc1=O. The molecule has 2 aromatic heterocycles. The van der Waals surface area contributed by atoms with Crippen molar-refractivity contribution < 1.29 is 0 Å². The van der Waals surface area contributed by atoms with Crippen molar-refractivity contribution in [3.63, 3.8) is 0 Å². The van der Waals surface area contributed by atoms with Gasteiger partial charge < -0.3 is 4.57 Å². The fraction of sp³-hybridized carbons (Fsp3) is 0.556. The van der Waals surface area contributed by atoms with Crippen molar-refractivity contribution in [3.05, 3.63) is 56.1 Å². The Morgan fingerprint density at radius 1 is 1.12 bits per heavy atom. The molecule has 7 heteroatoms. The first-order chi connectivity index (χ1) is 12.1. The van der Waals surface area contributed by atoms with E-state index in [1.807, 2.05) is 0 Å². The van der Waals surface area contributed by atoms with Gasteiger partial charge in [0.1, 0.15) is 0 Å². The van der Waals surface area contributed by atoms with Gasteiger partial charge >= 0.3 is 0 Å². The highest BCUT2D eigenvalue weighted by molar-refractivity contribution is 5.20. The predicted octanol–water partition coefficient (Wildman–Crippen LogP) is 0.348. The molecule has 0 spiro atoms. The van der Waals surface area contributed by atoms with Gasteiger partial charge in [-0.05, 0) is 31.2 Å². The number of aromatic nitrogens is 4. The summed E-state index contributed by atoms with van der Waals surface area (Å²) in [6, 6.07) is 1.78. The highest BCUT2D eigenvalue weighted by Gasteiger charge is 2.28. The fourth-order valence-electron chi connectivity index (χ4n) is 3.78. The van der Waals surface area contributed by atoms with Gasteiger partial charge in [-0.15, -0.1) is 0 Å². The molecule has 0 radical (unpaired) electrons. The van der Waals surface area contributed by atoms with Crippen molar-refractivity contribution >= 4 is 0 Å². The van der Waals surface area contributed by atoms with Crippen molar-refractivity contribution in [2.45, 2.75) is 38.8 Å². The molecular weight excluding hydrogens is 318 g/mol. The van der Waals surface area contributed by atoms with E-state index in [9.17, 15) is 9.59 Å². The molecule has 2 aliphatic rings. The lowest BCUT2D eigenvalue weighted by molar-refractivity contribution is 0.0739. The standard InChI is InChI=1S/C18H23N5O2/c1-21-15(7-19-8-18(21)25)12-22-9-13(10-22)11-23-17(24)6-14-4-2-3-5-16(14)20-23/h6-8,13H,2-5,9-12H2,1H3. The van der Waals surface area contributed by atoms with E-state index in [0.717, 1.165) is 49.3 Å². The molecule has 0 aromatic carbocycles. The van der Waals surface area contributed by atoms with Crippen LogP contribution < -0.4 is 11.1 Å². The van der Waals surface area contributed by atoms with Crippen LogP contribution in [0.1, 0.15) is 29.8 Å². The first-order valence-corrected chi connectivity index (χ1v) is 8.92. The topological polar surface area (TPSA) is 73.0 Å². The molecule has 25 heavy (non-hydrogen) atoms. The minimum atomic E-state index is -0.0839. The summed E-state index contributed by atoms with van der Waals surface area (Å²) in [6.07, 6.45) is 7.37. The zero-order valence-corrected chi connectivity index (χ0v) is 14.5. The first-order valence-electron chi connectivity index (χ1n) is 8.92. The lowest BCUT2D eigenvalue weighted by Crippen LogP contribution is -2.49. The number of hydrogen-bond acceptors (Lipinski definition) is 5. The van der Waals surface area contributed by atoms with E-state index in [0.29, 0.717) is 19.0 Å². The summed E-state index contributed by atoms with van der Waals surface area (Å²) in [6.45, 7) is 3.21. The zero-order valence-electron chi connectivity index (χ0n) is 14.5. The Morgan fingerprint density at radius 3 is 2.76 bits per heavy atom. The molecule has 0 amide bonds. The Hall–Kier alpha value is -2.28. The summed E-state index contributed by atoms with van der Waals surface area (Å²) in [7, 11) is 1.77. The molecule has 1 fully saturated rings. The molecule has 7 nitrogen and oxygen atoms in total. The lowest BCUT2D eigenvalue weighted by Gasteiger charge is -2.39. The van der Waals surface area contributed by atoms with Crippen LogP contribution >= 0.6 is 0 Å². The Kier molecular flexibility index (Phi) is 4.25. The Balaban J connectivity index is 1.38. The van der Waals surface area contributed by atoms with E-state index in [1.165, 1.54) is 12.6 Å². The van der Waals surface area contributed by atoms with Gasteiger partial charge in [-0.1, -0.05) is 0 Å². The molecule has 2 aromatic rings. The molecule has 3 heterocycles. The van der Waals surface area contributed by atoms with E-state index < -0.39 is 0 Å². The fourth-order valence-corrected chi connectivity index (χ4v) is 3.78. The molecule has 1 aliphatic heterocycles. The van der Waals surface area contributed by atoms with Crippen molar-refractivity contribution in [1.29, 1.82) is 0 Å². The van der Waals surface area contributed by atoms with Gasteiger partial charge in [-0.25, -0.2) is 4.68 Å². The van der Waals surface area contributed by atoms with Crippen LogP contribution in [0.2, 0.25) is 0 Å². The molecule has 132 valence electrons. The second-order valence-corrected chi connectivity index (χ2v) is 7.20. The van der Waals surface area contributed by atoms with Gasteiger partial charge in [-0.3, -0.25) is 19.5 Å². The van der Waals surface area contributed by atoms with Gasteiger partial charge in [0.05, 0.1) is 24.1 Å². The Bertz CT molecular complexity index is 895. The van der Waals surface area contributed by atoms with E-state index in [2.05, 4.69) is 15.0 Å². The summed E-state index contributed by atoms with van der Waals surface area (Å²) < 4.78 is 3.28. The maximum Gasteiger partial charge on any atom is 0.268 e. The maximum atomic E-state index is 12.3. The monoisotopic (exact) mass is 341 g/mol. The second-order valence-electron chi connectivity index (χ2n) is 7.20. The van der Waals surface area contributed by atoms with Crippen molar-refractivity contribution in [2.75, 3.05) is 13.1 Å². The molecular formula is C18H23N5O2. The van der Waals surface area contributed by atoms with Crippen LogP contribution in [0.5, 0.6) is 0 Å². The van der Waals surface area contributed by atoms with Crippen LogP contribution in [0.25, 0.3) is 0 Å². The van der Waals surface area contributed by atoms with Gasteiger partial charge in [-0.2, -0.15) is 5.10 Å². The summed E-state index contributed by atoms with van der Waals surface area (Å²) in [5.41, 5.74) is 3.09. The van der Waals surface area contributed by atoms with E-state index in [1.54, 1.807) is 28.6 Å². The average Bonchev–Trinajstić information content (AvgIpc) is 2.57. The van der Waals surface area contributed by atoms with Crippen molar-refractivity contribution in [1.82, 2.24) is 24.2 Å². The molecule has 1 aliphatic carbocycles. The summed E-state index contributed by atoms with van der Waals surface area (Å²) in [5, 5.41) is 4.60. The number of likely N-dealkylation sites (tertiary alicyclic amines) is 1. The number of nitrogens with zero attached hydrogens (tertiary/aromatic N) is 5. The normalized spacial score (nSPS) is 18.0. The van der Waals surface area contributed by atoms with Gasteiger partial charge in [0.15, 0.2) is 0 Å². The Labute approximate surface area is 145 Å². The van der Waals surface area contributed by atoms with Crippen LogP contribution in [0.4, 0.5) is 0 Å². The number of aryl methyl sites for hydroxylation is 2. The molecule has 0 unspecified atom stereocenters. The molecule has 4 rings (SSSR count). The number of fused-ring (bicyclic) bond motifs is 1. The number of rotatable bonds is 4. The first kappa shape index (κ1) is 16.2. The van der Waals surface area contributed by atoms with E-state index in [-0.39, 0.29) is 11.1 Å². The molecule has 1 saturated heterocycles. The van der Waals surface area contributed by atoms with Crippen LogP contribution in [0.3, 0.4) is 0 Å². The van der Waals surface area contributed by atoms with E-state index >= 15 is 0 Å².